The summed E-state index contributed by atoms with van der Waals surface area (Å²) in [6.07, 6.45) is 4.30. The zero-order chi connectivity index (χ0) is 12.8. The smallest absolute Gasteiger partial charge is 0.330 e. The van der Waals surface area contributed by atoms with Crippen molar-refractivity contribution in [2.75, 3.05) is 6.61 Å². The van der Waals surface area contributed by atoms with E-state index >= 15 is 0 Å². The van der Waals surface area contributed by atoms with Gasteiger partial charge in [0, 0.05) is 12.6 Å². The number of carbonyl (C=O) groups is 1. The van der Waals surface area contributed by atoms with Gasteiger partial charge in [0.25, 0.3) is 5.56 Å². The van der Waals surface area contributed by atoms with Crippen molar-refractivity contribution in [2.24, 2.45) is 0 Å². The van der Waals surface area contributed by atoms with Crippen molar-refractivity contribution >= 4 is 21.9 Å². The molecule has 0 spiro atoms. The molecule has 0 aliphatic carbocycles. The third-order valence-corrected chi connectivity index (χ3v) is 2.91. The quantitative estimate of drug-likeness (QED) is 0.623. The van der Waals surface area contributed by atoms with E-state index in [9.17, 15) is 9.59 Å². The first kappa shape index (κ1) is 13.6. The van der Waals surface area contributed by atoms with E-state index in [4.69, 9.17) is 4.74 Å². The molecule has 0 unspecified atom stereocenters. The van der Waals surface area contributed by atoms with Gasteiger partial charge >= 0.3 is 5.97 Å². The fourth-order valence-electron chi connectivity index (χ4n) is 1.13. The number of halogens is 1. The van der Waals surface area contributed by atoms with Crippen LogP contribution in [0.3, 0.4) is 0 Å². The molecule has 17 heavy (non-hydrogen) atoms. The highest BCUT2D eigenvalue weighted by Crippen LogP contribution is 2.05. The van der Waals surface area contributed by atoms with Crippen LogP contribution in [0.5, 0.6) is 0 Å². The molecule has 92 valence electrons. The van der Waals surface area contributed by atoms with Crippen molar-refractivity contribution in [2.45, 2.75) is 20.4 Å². The monoisotopic (exact) mass is 300 g/mol. The van der Waals surface area contributed by atoms with Crippen LogP contribution in [0.4, 0.5) is 0 Å². The number of esters is 1. The van der Waals surface area contributed by atoms with Crippen LogP contribution in [0.15, 0.2) is 27.7 Å². The van der Waals surface area contributed by atoms with Crippen LogP contribution in [0.2, 0.25) is 0 Å². The number of carbonyl (C=O) groups excluding carboxylic acids is 1. The van der Waals surface area contributed by atoms with Crippen LogP contribution >= 0.6 is 15.9 Å². The molecular weight excluding hydrogens is 288 g/mol. The molecule has 0 bridgehead atoms. The maximum Gasteiger partial charge on any atom is 0.330 e. The highest BCUT2D eigenvalue weighted by Gasteiger charge is 2.03. The van der Waals surface area contributed by atoms with Crippen LogP contribution in [-0.4, -0.2) is 22.1 Å². The minimum absolute atomic E-state index is 0.175. The predicted molar refractivity (Wildman–Crippen MR) is 66.7 cm³/mol. The minimum Gasteiger partial charge on any atom is -0.463 e. The molecule has 1 aromatic rings. The van der Waals surface area contributed by atoms with E-state index in [-0.39, 0.29) is 12.1 Å². The van der Waals surface area contributed by atoms with Crippen LogP contribution in [-0.2, 0) is 16.1 Å². The molecule has 1 rings (SSSR count). The van der Waals surface area contributed by atoms with Crippen LogP contribution < -0.4 is 5.56 Å². The van der Waals surface area contributed by atoms with Gasteiger partial charge in [-0.2, -0.15) is 0 Å². The van der Waals surface area contributed by atoms with Gasteiger partial charge in [-0.15, -0.1) is 0 Å². The van der Waals surface area contributed by atoms with Gasteiger partial charge in [0.2, 0.25) is 0 Å². The molecule has 6 heteroatoms. The Kier molecular flexibility index (Phi) is 5.09. The molecular formula is C11H13BrN2O3. The molecule has 0 saturated heterocycles. The first-order chi connectivity index (χ1) is 8.06. The van der Waals surface area contributed by atoms with Gasteiger partial charge in [0.1, 0.15) is 4.47 Å². The number of aryl methyl sites for hydroxylation is 1. The summed E-state index contributed by atoms with van der Waals surface area (Å²) in [5.41, 5.74) is 0.464. The van der Waals surface area contributed by atoms with E-state index in [2.05, 4.69) is 20.9 Å². The lowest BCUT2D eigenvalue weighted by Crippen LogP contribution is -2.21. The Morgan fingerprint density at radius 1 is 1.65 bits per heavy atom. The third-order valence-electron chi connectivity index (χ3n) is 2.00. The number of aromatic nitrogens is 2. The Morgan fingerprint density at radius 3 is 3.00 bits per heavy atom. The Hall–Kier alpha value is -1.43. The van der Waals surface area contributed by atoms with E-state index in [0.29, 0.717) is 16.8 Å². The number of hydrogen-bond acceptors (Lipinski definition) is 4. The Labute approximate surface area is 107 Å². The molecule has 0 atom stereocenters. The van der Waals surface area contributed by atoms with E-state index in [1.165, 1.54) is 17.0 Å². The van der Waals surface area contributed by atoms with Gasteiger partial charge in [0.15, 0.2) is 0 Å². The van der Waals surface area contributed by atoms with Gasteiger partial charge in [-0.3, -0.25) is 9.36 Å². The van der Waals surface area contributed by atoms with E-state index < -0.39 is 5.97 Å². The zero-order valence-corrected chi connectivity index (χ0v) is 11.2. The standard InChI is InChI=1S/C11H13BrN2O3/c1-3-17-9(15)5-4-6-14-7-13-8(2)10(12)11(14)16/h4-5,7H,3,6H2,1-2H3/b5-4+. The molecule has 0 N–H and O–H groups in total. The number of hydrogen-bond donors (Lipinski definition) is 0. The Bertz CT molecular complexity index is 494. The molecule has 0 aromatic carbocycles. The summed E-state index contributed by atoms with van der Waals surface area (Å²) < 4.78 is 6.55. The summed E-state index contributed by atoms with van der Waals surface area (Å²) in [4.78, 5) is 26.8. The minimum atomic E-state index is -0.417. The number of ether oxygens (including phenoxy) is 1. The predicted octanol–water partition coefficient (Wildman–Crippen LogP) is 1.43. The van der Waals surface area contributed by atoms with Crippen molar-refractivity contribution in [3.05, 3.63) is 39.0 Å². The Morgan fingerprint density at radius 2 is 2.35 bits per heavy atom. The SMILES string of the molecule is CCOC(=O)/C=C/Cn1cnc(C)c(Br)c1=O. The van der Waals surface area contributed by atoms with Gasteiger partial charge in [-0.25, -0.2) is 9.78 Å². The van der Waals surface area contributed by atoms with Gasteiger partial charge in [-0.05, 0) is 29.8 Å². The topological polar surface area (TPSA) is 61.2 Å². The van der Waals surface area contributed by atoms with E-state index in [1.807, 2.05) is 0 Å². The van der Waals surface area contributed by atoms with Crippen molar-refractivity contribution in [1.82, 2.24) is 9.55 Å². The lowest BCUT2D eigenvalue weighted by molar-refractivity contribution is -0.137. The largest absolute Gasteiger partial charge is 0.463 e. The van der Waals surface area contributed by atoms with Gasteiger partial charge < -0.3 is 4.74 Å². The van der Waals surface area contributed by atoms with Crippen LogP contribution in [0.25, 0.3) is 0 Å². The maximum atomic E-state index is 11.7. The van der Waals surface area contributed by atoms with Crippen LogP contribution in [0, 0.1) is 6.92 Å². The molecule has 0 amide bonds. The first-order valence-corrected chi connectivity index (χ1v) is 5.90. The molecule has 0 aliphatic rings. The van der Waals surface area contributed by atoms with Crippen molar-refractivity contribution in [1.29, 1.82) is 0 Å². The maximum absolute atomic E-state index is 11.7. The first-order valence-electron chi connectivity index (χ1n) is 5.11. The molecule has 1 aromatic heterocycles. The fourth-order valence-corrected chi connectivity index (χ4v) is 1.46. The number of rotatable bonds is 4. The second-order valence-corrected chi connectivity index (χ2v) is 4.05. The molecule has 0 fully saturated rings. The van der Waals surface area contributed by atoms with Crippen molar-refractivity contribution in [3.63, 3.8) is 0 Å². The molecule has 0 saturated carbocycles. The van der Waals surface area contributed by atoms with Crippen molar-refractivity contribution in [3.8, 4) is 0 Å². The third kappa shape index (κ3) is 3.81. The summed E-state index contributed by atoms with van der Waals surface area (Å²) in [6.45, 7) is 4.09. The normalized spacial score (nSPS) is 10.8. The van der Waals surface area contributed by atoms with E-state index in [0.717, 1.165) is 0 Å². The Balaban J connectivity index is 2.74. The summed E-state index contributed by atoms with van der Waals surface area (Å²) >= 11 is 3.16. The molecule has 0 radical (unpaired) electrons. The average Bonchev–Trinajstić information content (AvgIpc) is 2.29. The highest BCUT2D eigenvalue weighted by atomic mass is 79.9. The van der Waals surface area contributed by atoms with Crippen LogP contribution in [0.1, 0.15) is 12.6 Å². The molecule has 0 aliphatic heterocycles. The highest BCUT2D eigenvalue weighted by molar-refractivity contribution is 9.10. The summed E-state index contributed by atoms with van der Waals surface area (Å²) in [5, 5.41) is 0. The van der Waals surface area contributed by atoms with Gasteiger partial charge in [0.05, 0.1) is 18.6 Å². The van der Waals surface area contributed by atoms with Gasteiger partial charge in [-0.1, -0.05) is 6.08 Å². The molecule has 1 heterocycles. The second kappa shape index (κ2) is 6.34. The molecule has 5 nitrogen and oxygen atoms in total. The number of nitrogens with zero attached hydrogens (tertiary/aromatic N) is 2. The fraction of sp³-hybridized carbons (Fsp3) is 0.364. The van der Waals surface area contributed by atoms with E-state index in [1.54, 1.807) is 19.9 Å². The summed E-state index contributed by atoms with van der Waals surface area (Å²) in [7, 11) is 0. The lowest BCUT2D eigenvalue weighted by atomic mass is 10.4. The number of allylic oxidation sites excluding steroid dienone is 1. The van der Waals surface area contributed by atoms with Crippen molar-refractivity contribution < 1.29 is 9.53 Å². The zero-order valence-electron chi connectivity index (χ0n) is 9.64. The lowest BCUT2D eigenvalue weighted by Gasteiger charge is -2.03. The summed E-state index contributed by atoms with van der Waals surface area (Å²) in [5.74, 6) is -0.417. The average molecular weight is 301 g/mol. The summed E-state index contributed by atoms with van der Waals surface area (Å²) in [6, 6.07) is 0. The second-order valence-electron chi connectivity index (χ2n) is 3.26.